The molecule has 0 aromatic carbocycles. The van der Waals surface area contributed by atoms with Gasteiger partial charge in [-0.3, -0.25) is 0 Å². The third-order valence-corrected chi connectivity index (χ3v) is 1.59. The molecule has 0 unspecified atom stereocenters. The van der Waals surface area contributed by atoms with Gasteiger partial charge in [-0.15, -0.1) is 19.2 Å². The van der Waals surface area contributed by atoms with E-state index in [4.69, 9.17) is 0 Å². The Kier molecular flexibility index (Phi) is 2.01. The summed E-state index contributed by atoms with van der Waals surface area (Å²) in [5.74, 6) is 0. The Morgan fingerprint density at radius 2 is 2.56 bits per heavy atom. The van der Waals surface area contributed by atoms with E-state index in [-0.39, 0.29) is 0 Å². The minimum Gasteiger partial charge on any atom is -0.356 e. The van der Waals surface area contributed by atoms with Crippen molar-refractivity contribution in [2.24, 2.45) is 0 Å². The molecule has 0 aliphatic heterocycles. The molecule has 0 amide bonds. The van der Waals surface area contributed by atoms with Gasteiger partial charge >= 0.3 is 0 Å². The number of aromatic nitrogens is 1. The molecule has 48 valence electrons. The maximum Gasteiger partial charge on any atom is 0.0726 e. The molecule has 1 aromatic rings. The lowest BCUT2D eigenvalue weighted by atomic mass is 10.2. The molecule has 0 radical (unpaired) electrons. The fourth-order valence-electron chi connectivity index (χ4n) is 0.713. The van der Waals surface area contributed by atoms with E-state index in [2.05, 4.69) is 24.2 Å². The van der Waals surface area contributed by atoms with Gasteiger partial charge < -0.3 is 4.98 Å². The van der Waals surface area contributed by atoms with E-state index < -0.39 is 0 Å². The number of thiol groups is 1. The fourth-order valence-corrected chi connectivity index (χ4v) is 0.953. The highest BCUT2D eigenvalue weighted by Crippen LogP contribution is 2.10. The van der Waals surface area contributed by atoms with Crippen LogP contribution < -0.4 is 0 Å². The second-order valence-corrected chi connectivity index (χ2v) is 2.29. The van der Waals surface area contributed by atoms with Crippen molar-refractivity contribution in [3.05, 3.63) is 30.5 Å². The van der Waals surface area contributed by atoms with Crippen LogP contribution in [0.5, 0.6) is 0 Å². The predicted molar refractivity (Wildman–Crippen MR) is 41.9 cm³/mol. The first-order chi connectivity index (χ1) is 4.34. The maximum absolute atomic E-state index is 4.18. The van der Waals surface area contributed by atoms with Crippen molar-refractivity contribution in [2.45, 2.75) is 11.4 Å². The number of H-pyrrole nitrogens is 1. The highest BCUT2D eigenvalue weighted by atomic mass is 32.1. The molecule has 2 heteroatoms. The lowest BCUT2D eigenvalue weighted by molar-refractivity contribution is 1.12. The first-order valence-electron chi connectivity index (χ1n) is 2.80. The van der Waals surface area contributed by atoms with Crippen LogP contribution in [-0.4, -0.2) is 4.98 Å². The molecular formula is C7H9NS. The van der Waals surface area contributed by atoms with Crippen LogP contribution in [0.4, 0.5) is 0 Å². The largest absolute Gasteiger partial charge is 0.356 e. The number of aromatic amines is 1. The van der Waals surface area contributed by atoms with Crippen molar-refractivity contribution in [1.29, 1.82) is 0 Å². The third kappa shape index (κ3) is 1.39. The Hall–Kier alpha value is -0.630. The number of nitrogens with one attached hydrogen (secondary N) is 1. The van der Waals surface area contributed by atoms with Gasteiger partial charge in [-0.1, -0.05) is 6.08 Å². The third-order valence-electron chi connectivity index (χ3n) is 1.17. The SMILES string of the molecule is C=CCc1cc[nH]c1S. The van der Waals surface area contributed by atoms with Crippen LogP contribution in [0.15, 0.2) is 29.9 Å². The van der Waals surface area contributed by atoms with Gasteiger partial charge in [-0.05, 0) is 18.1 Å². The molecule has 0 bridgehead atoms. The maximum atomic E-state index is 4.18. The van der Waals surface area contributed by atoms with E-state index in [0.29, 0.717) is 0 Å². The Morgan fingerprint density at radius 1 is 1.78 bits per heavy atom. The Labute approximate surface area is 60.2 Å². The summed E-state index contributed by atoms with van der Waals surface area (Å²) in [5, 5.41) is 0.940. The molecule has 1 nitrogen and oxygen atoms in total. The molecule has 0 spiro atoms. The zero-order chi connectivity index (χ0) is 6.69. The summed E-state index contributed by atoms with van der Waals surface area (Å²) in [6.45, 7) is 3.63. The molecule has 0 saturated heterocycles. The summed E-state index contributed by atoms with van der Waals surface area (Å²) in [5.41, 5.74) is 1.20. The highest BCUT2D eigenvalue weighted by Gasteiger charge is 1.93. The molecular weight excluding hydrogens is 130 g/mol. The number of allylic oxidation sites excluding steroid dienone is 1. The minimum absolute atomic E-state index is 0.891. The van der Waals surface area contributed by atoms with Gasteiger partial charge in [0, 0.05) is 6.20 Å². The van der Waals surface area contributed by atoms with Gasteiger partial charge in [0.2, 0.25) is 0 Å². The van der Waals surface area contributed by atoms with E-state index in [1.807, 2.05) is 18.3 Å². The lowest BCUT2D eigenvalue weighted by Gasteiger charge is -1.89. The van der Waals surface area contributed by atoms with Crippen LogP contribution in [0.1, 0.15) is 5.56 Å². The summed E-state index contributed by atoms with van der Waals surface area (Å²) in [6.07, 6.45) is 4.63. The minimum atomic E-state index is 0.891. The Balaban J connectivity index is 2.80. The van der Waals surface area contributed by atoms with Crippen LogP contribution in [0.2, 0.25) is 0 Å². The summed E-state index contributed by atoms with van der Waals surface area (Å²) in [4.78, 5) is 2.97. The van der Waals surface area contributed by atoms with Crippen molar-refractivity contribution in [1.82, 2.24) is 4.98 Å². The quantitative estimate of drug-likeness (QED) is 0.460. The molecule has 1 N–H and O–H groups in total. The molecule has 1 aromatic heterocycles. The molecule has 0 aliphatic carbocycles. The van der Waals surface area contributed by atoms with Gasteiger partial charge in [0.05, 0.1) is 5.03 Å². The highest BCUT2D eigenvalue weighted by molar-refractivity contribution is 7.80. The van der Waals surface area contributed by atoms with Gasteiger partial charge in [0.25, 0.3) is 0 Å². The van der Waals surface area contributed by atoms with Crippen molar-refractivity contribution in [2.75, 3.05) is 0 Å². The van der Waals surface area contributed by atoms with E-state index in [1.165, 1.54) is 5.56 Å². The Bertz CT molecular complexity index is 202. The monoisotopic (exact) mass is 139 g/mol. The first kappa shape index (κ1) is 6.49. The van der Waals surface area contributed by atoms with Gasteiger partial charge in [-0.2, -0.15) is 0 Å². The summed E-state index contributed by atoms with van der Waals surface area (Å²) in [6, 6.07) is 2.00. The normalized spacial score (nSPS) is 9.44. The average molecular weight is 139 g/mol. The number of hydrogen-bond acceptors (Lipinski definition) is 1. The van der Waals surface area contributed by atoms with Gasteiger partial charge in [-0.25, -0.2) is 0 Å². The lowest BCUT2D eigenvalue weighted by Crippen LogP contribution is -1.75. The molecule has 9 heavy (non-hydrogen) atoms. The number of hydrogen-bond donors (Lipinski definition) is 2. The molecule has 0 aliphatic rings. The molecule has 1 heterocycles. The number of rotatable bonds is 2. The second kappa shape index (κ2) is 2.78. The van der Waals surface area contributed by atoms with Crippen LogP contribution in [0.3, 0.4) is 0 Å². The van der Waals surface area contributed by atoms with E-state index in [9.17, 15) is 0 Å². The fraction of sp³-hybridized carbons (Fsp3) is 0.143. The van der Waals surface area contributed by atoms with Crippen molar-refractivity contribution in [3.63, 3.8) is 0 Å². The summed E-state index contributed by atoms with van der Waals surface area (Å²) < 4.78 is 0. The van der Waals surface area contributed by atoms with E-state index in [1.54, 1.807) is 0 Å². The second-order valence-electron chi connectivity index (χ2n) is 1.84. The Morgan fingerprint density at radius 3 is 3.00 bits per heavy atom. The average Bonchev–Trinajstić information content (AvgIpc) is 2.18. The van der Waals surface area contributed by atoms with Crippen molar-refractivity contribution >= 4 is 12.6 Å². The van der Waals surface area contributed by atoms with Crippen LogP contribution >= 0.6 is 12.6 Å². The molecule has 0 saturated carbocycles. The van der Waals surface area contributed by atoms with Crippen LogP contribution in [0, 0.1) is 0 Å². The molecule has 0 atom stereocenters. The summed E-state index contributed by atoms with van der Waals surface area (Å²) in [7, 11) is 0. The van der Waals surface area contributed by atoms with E-state index >= 15 is 0 Å². The van der Waals surface area contributed by atoms with E-state index in [0.717, 1.165) is 11.4 Å². The van der Waals surface area contributed by atoms with Crippen molar-refractivity contribution < 1.29 is 0 Å². The standard InChI is InChI=1S/C7H9NS/c1-2-3-6-4-5-8-7(6)9/h2,4-5,8-9H,1,3H2. The zero-order valence-electron chi connectivity index (χ0n) is 5.09. The van der Waals surface area contributed by atoms with Crippen LogP contribution in [-0.2, 0) is 6.42 Å². The molecule has 1 rings (SSSR count). The first-order valence-corrected chi connectivity index (χ1v) is 3.25. The van der Waals surface area contributed by atoms with Gasteiger partial charge in [0.15, 0.2) is 0 Å². The zero-order valence-corrected chi connectivity index (χ0v) is 5.99. The summed E-state index contributed by atoms with van der Waals surface area (Å²) >= 11 is 4.18. The van der Waals surface area contributed by atoms with Crippen LogP contribution in [0.25, 0.3) is 0 Å². The topological polar surface area (TPSA) is 15.8 Å². The molecule has 0 fully saturated rings. The smallest absolute Gasteiger partial charge is 0.0726 e. The van der Waals surface area contributed by atoms with Gasteiger partial charge in [0.1, 0.15) is 0 Å². The predicted octanol–water partition coefficient (Wildman–Crippen LogP) is 2.03. The van der Waals surface area contributed by atoms with Crippen molar-refractivity contribution in [3.8, 4) is 0 Å².